The topological polar surface area (TPSA) is 0 Å². The van der Waals surface area contributed by atoms with Gasteiger partial charge in [0.2, 0.25) is 0 Å². The molecule has 0 nitrogen and oxygen atoms in total. The summed E-state index contributed by atoms with van der Waals surface area (Å²) in [6.45, 7) is 0. The summed E-state index contributed by atoms with van der Waals surface area (Å²) in [6.07, 6.45) is 10.0. The predicted octanol–water partition coefficient (Wildman–Crippen LogP) is 1.55. The van der Waals surface area contributed by atoms with E-state index in [4.69, 9.17) is 0 Å². The summed E-state index contributed by atoms with van der Waals surface area (Å²) in [7, 11) is 0. The van der Waals surface area contributed by atoms with E-state index < -0.39 is 0 Å². The molecule has 44 valence electrons. The summed E-state index contributed by atoms with van der Waals surface area (Å²) in [5, 5.41) is 0. The molecule has 0 saturated heterocycles. The van der Waals surface area contributed by atoms with Gasteiger partial charge in [-0.15, -0.1) is 6.42 Å². The SMILES string of the molecule is [C-]1=CC=CC1.[C].[C].[C].[Mo]. The maximum atomic E-state index is 2.99. The first-order valence-corrected chi connectivity index (χ1v) is 1.72. The van der Waals surface area contributed by atoms with Crippen LogP contribution in [0.5, 0.6) is 0 Å². The van der Waals surface area contributed by atoms with E-state index in [1.165, 1.54) is 0 Å². The maximum absolute atomic E-state index is 2.99. The second kappa shape index (κ2) is 15.7. The van der Waals surface area contributed by atoms with Crippen LogP contribution >= 0.6 is 0 Å². The van der Waals surface area contributed by atoms with Crippen molar-refractivity contribution in [1.29, 1.82) is 0 Å². The molecule has 0 amide bonds. The molecule has 0 aromatic heterocycles. The minimum Gasteiger partial charge on any atom is -0.273 e. The molecule has 0 aromatic carbocycles. The van der Waals surface area contributed by atoms with Gasteiger partial charge in [-0.2, -0.15) is 6.08 Å². The normalized spacial score (nSPS) is 9.78. The summed E-state index contributed by atoms with van der Waals surface area (Å²) >= 11 is 0. The Morgan fingerprint density at radius 1 is 1.11 bits per heavy atom. The fourth-order valence-corrected chi connectivity index (χ4v) is 0.340. The van der Waals surface area contributed by atoms with Gasteiger partial charge in [-0.25, -0.2) is 12.2 Å². The Labute approximate surface area is 74.3 Å². The van der Waals surface area contributed by atoms with Crippen LogP contribution in [-0.4, -0.2) is 0 Å². The molecule has 1 heteroatoms. The first-order valence-electron chi connectivity index (χ1n) is 1.72. The van der Waals surface area contributed by atoms with Crippen molar-refractivity contribution in [1.82, 2.24) is 0 Å². The molecule has 0 bridgehead atoms. The summed E-state index contributed by atoms with van der Waals surface area (Å²) < 4.78 is 0. The van der Waals surface area contributed by atoms with Crippen molar-refractivity contribution in [3.05, 3.63) is 46.6 Å². The fourth-order valence-electron chi connectivity index (χ4n) is 0.340. The van der Waals surface area contributed by atoms with Crippen LogP contribution < -0.4 is 0 Å². The van der Waals surface area contributed by atoms with Crippen LogP contribution in [0, 0.1) is 28.4 Å². The Kier molecular flexibility index (Phi) is 40.0. The van der Waals surface area contributed by atoms with Gasteiger partial charge in [0.1, 0.15) is 0 Å². The van der Waals surface area contributed by atoms with Crippen molar-refractivity contribution in [3.8, 4) is 0 Å². The zero-order valence-corrected chi connectivity index (χ0v) is 6.85. The molecule has 0 N–H and O–H groups in total. The van der Waals surface area contributed by atoms with E-state index in [0.29, 0.717) is 0 Å². The van der Waals surface area contributed by atoms with Crippen LogP contribution in [0.4, 0.5) is 0 Å². The molecule has 0 aliphatic heterocycles. The zero-order valence-electron chi connectivity index (χ0n) is 4.85. The van der Waals surface area contributed by atoms with Crippen molar-refractivity contribution in [2.24, 2.45) is 0 Å². The van der Waals surface area contributed by atoms with Crippen molar-refractivity contribution >= 4 is 0 Å². The second-order valence-corrected chi connectivity index (χ2v) is 1.00. The first kappa shape index (κ1) is 22.9. The summed E-state index contributed by atoms with van der Waals surface area (Å²) in [4.78, 5) is 0. The van der Waals surface area contributed by atoms with Gasteiger partial charge in [-0.05, 0) is 0 Å². The zero-order chi connectivity index (χ0) is 3.54. The van der Waals surface area contributed by atoms with Crippen LogP contribution in [0.2, 0.25) is 0 Å². The molecule has 0 spiro atoms. The molecular weight excluding hydrogens is 192 g/mol. The molecule has 0 aromatic rings. The molecular formula is C8H5Mo-. The van der Waals surface area contributed by atoms with E-state index in [0.717, 1.165) is 6.42 Å². The van der Waals surface area contributed by atoms with Gasteiger partial charge in [0.05, 0.1) is 0 Å². The van der Waals surface area contributed by atoms with Gasteiger partial charge >= 0.3 is 0 Å². The van der Waals surface area contributed by atoms with E-state index in [-0.39, 0.29) is 43.3 Å². The number of rotatable bonds is 0. The molecule has 1 aliphatic rings. The van der Waals surface area contributed by atoms with E-state index in [2.05, 4.69) is 12.2 Å². The number of hydrogen-bond donors (Lipinski definition) is 0. The molecule has 0 heterocycles. The molecule has 12 radical (unpaired) electrons. The molecule has 0 atom stereocenters. The predicted molar refractivity (Wildman–Crippen MR) is 31.3 cm³/mol. The molecule has 1 aliphatic carbocycles. The van der Waals surface area contributed by atoms with Gasteiger partial charge in [-0.3, -0.25) is 6.08 Å². The largest absolute Gasteiger partial charge is 0.273 e. The molecule has 0 saturated carbocycles. The van der Waals surface area contributed by atoms with Crippen LogP contribution in [0.1, 0.15) is 6.42 Å². The first-order chi connectivity index (χ1) is 2.50. The Morgan fingerprint density at radius 3 is 1.78 bits per heavy atom. The number of hydrogen-bond acceptors (Lipinski definition) is 0. The molecule has 1 rings (SSSR count). The third kappa shape index (κ3) is 11.6. The van der Waals surface area contributed by atoms with Crippen LogP contribution in [0.3, 0.4) is 0 Å². The van der Waals surface area contributed by atoms with Crippen LogP contribution in [-0.2, 0) is 21.1 Å². The van der Waals surface area contributed by atoms with E-state index >= 15 is 0 Å². The molecule has 0 fully saturated rings. The quantitative estimate of drug-likeness (QED) is 0.408. The van der Waals surface area contributed by atoms with Crippen LogP contribution in [0.25, 0.3) is 0 Å². The summed E-state index contributed by atoms with van der Waals surface area (Å²) in [6, 6.07) is 0. The minimum absolute atomic E-state index is 0. The van der Waals surface area contributed by atoms with Gasteiger partial charge in [-0.1, -0.05) is 0 Å². The monoisotopic (exact) mass is 199 g/mol. The third-order valence-corrected chi connectivity index (χ3v) is 0.586. The Hall–Kier alpha value is 0.168. The Balaban J connectivity index is -0.0000000312. The van der Waals surface area contributed by atoms with Crippen molar-refractivity contribution in [2.75, 3.05) is 0 Å². The smallest absolute Gasteiger partial charge is 0 e. The van der Waals surface area contributed by atoms with Gasteiger partial charge < -0.3 is 0 Å². The summed E-state index contributed by atoms with van der Waals surface area (Å²) in [5.41, 5.74) is 0. The average molecular weight is 197 g/mol. The molecule has 9 heavy (non-hydrogen) atoms. The fraction of sp³-hybridized carbons (Fsp3) is 0.125. The van der Waals surface area contributed by atoms with Gasteiger partial charge in [0, 0.05) is 43.3 Å². The second-order valence-electron chi connectivity index (χ2n) is 1.00. The number of allylic oxidation sites excluding steroid dienone is 4. The summed E-state index contributed by atoms with van der Waals surface area (Å²) in [5.74, 6) is 0. The van der Waals surface area contributed by atoms with E-state index in [9.17, 15) is 0 Å². The van der Waals surface area contributed by atoms with Gasteiger partial charge in [0.15, 0.2) is 0 Å². The third-order valence-electron chi connectivity index (χ3n) is 0.586. The van der Waals surface area contributed by atoms with Crippen molar-refractivity contribution in [3.63, 3.8) is 0 Å². The Morgan fingerprint density at radius 2 is 1.67 bits per heavy atom. The standard InChI is InChI=1S/C5H5.3C.Mo/c1-2-4-5-3-1;;;;/h1-3H,4H2;;;;/q-1;;;;. The van der Waals surface area contributed by atoms with E-state index in [1.54, 1.807) is 0 Å². The Bertz CT molecular complexity index is 62.6. The average Bonchev–Trinajstić information content (AvgIpc) is 1.76. The molecule has 0 unspecified atom stereocenters. The van der Waals surface area contributed by atoms with Crippen LogP contribution in [0.15, 0.2) is 18.2 Å². The van der Waals surface area contributed by atoms with Gasteiger partial charge in [0.25, 0.3) is 0 Å². The van der Waals surface area contributed by atoms with Crippen molar-refractivity contribution in [2.45, 2.75) is 6.42 Å². The van der Waals surface area contributed by atoms with E-state index in [1.807, 2.05) is 12.2 Å². The minimum atomic E-state index is 0. The maximum Gasteiger partial charge on any atom is 0 e. The van der Waals surface area contributed by atoms with Crippen molar-refractivity contribution < 1.29 is 21.1 Å².